The fourth-order valence-electron chi connectivity index (χ4n) is 2.30. The third-order valence-corrected chi connectivity index (χ3v) is 3.60. The van der Waals surface area contributed by atoms with E-state index in [9.17, 15) is 18.0 Å². The summed E-state index contributed by atoms with van der Waals surface area (Å²) in [5.41, 5.74) is -0.595. The predicted molar refractivity (Wildman–Crippen MR) is 86.8 cm³/mol. The molecule has 0 amide bonds. The van der Waals surface area contributed by atoms with Gasteiger partial charge in [-0.2, -0.15) is 18.2 Å². The number of rotatable bonds is 7. The van der Waals surface area contributed by atoms with Crippen LogP contribution in [0, 0.1) is 5.92 Å². The zero-order valence-corrected chi connectivity index (χ0v) is 14.6. The second-order valence-electron chi connectivity index (χ2n) is 5.94. The van der Waals surface area contributed by atoms with Gasteiger partial charge in [0, 0.05) is 5.56 Å². The summed E-state index contributed by atoms with van der Waals surface area (Å²) < 4.78 is 48.4. The fourth-order valence-corrected chi connectivity index (χ4v) is 2.30. The van der Waals surface area contributed by atoms with Crippen molar-refractivity contribution in [1.82, 2.24) is 15.5 Å². The number of halogens is 3. The molecule has 26 heavy (non-hydrogen) atoms. The van der Waals surface area contributed by atoms with Gasteiger partial charge < -0.3 is 9.26 Å². The van der Waals surface area contributed by atoms with E-state index in [0.29, 0.717) is 0 Å². The first kappa shape index (κ1) is 19.9. The van der Waals surface area contributed by atoms with Crippen LogP contribution < -0.4 is 5.32 Å². The van der Waals surface area contributed by atoms with E-state index in [4.69, 9.17) is 9.26 Å². The van der Waals surface area contributed by atoms with E-state index in [1.54, 1.807) is 6.92 Å². The standard InChI is InChI=1S/C17H20F3N3O3/c1-4-25-16(24)14(10(2)3)21-9-13-22-15(23-26-13)11-6-5-7-12(8-11)17(18,19)20/h5-8,10,14,21H,4,9H2,1-3H3/t14-/m1/s1. The molecule has 0 radical (unpaired) electrons. The van der Waals surface area contributed by atoms with Crippen molar-refractivity contribution < 1.29 is 27.2 Å². The summed E-state index contributed by atoms with van der Waals surface area (Å²) in [7, 11) is 0. The maximum atomic E-state index is 12.8. The Bertz CT molecular complexity index is 744. The van der Waals surface area contributed by atoms with Crippen molar-refractivity contribution in [3.63, 3.8) is 0 Å². The fraction of sp³-hybridized carbons (Fsp3) is 0.471. The summed E-state index contributed by atoms with van der Waals surface area (Å²) in [6.45, 7) is 5.79. The van der Waals surface area contributed by atoms with Crippen LogP contribution in [0.3, 0.4) is 0 Å². The molecule has 2 aromatic rings. The third kappa shape index (κ3) is 5.04. The Morgan fingerprint density at radius 3 is 2.69 bits per heavy atom. The van der Waals surface area contributed by atoms with Gasteiger partial charge in [0.2, 0.25) is 11.7 Å². The number of carbonyl (C=O) groups is 1. The van der Waals surface area contributed by atoms with Gasteiger partial charge in [0.15, 0.2) is 0 Å². The van der Waals surface area contributed by atoms with Crippen molar-refractivity contribution in [3.8, 4) is 11.4 Å². The smallest absolute Gasteiger partial charge is 0.416 e. The number of hydrogen-bond donors (Lipinski definition) is 1. The molecule has 0 aliphatic rings. The highest BCUT2D eigenvalue weighted by Gasteiger charge is 2.31. The normalized spacial score (nSPS) is 13.0. The number of alkyl halides is 3. The van der Waals surface area contributed by atoms with Gasteiger partial charge in [0.25, 0.3) is 0 Å². The quantitative estimate of drug-likeness (QED) is 0.752. The van der Waals surface area contributed by atoms with Crippen LogP contribution in [0.2, 0.25) is 0 Å². The van der Waals surface area contributed by atoms with E-state index in [-0.39, 0.29) is 42.3 Å². The van der Waals surface area contributed by atoms with Crippen molar-refractivity contribution >= 4 is 5.97 Å². The Kier molecular flexibility index (Phi) is 6.36. The molecule has 1 aromatic carbocycles. The summed E-state index contributed by atoms with van der Waals surface area (Å²) in [6.07, 6.45) is -4.45. The molecule has 0 aliphatic carbocycles. The predicted octanol–water partition coefficient (Wildman–Crippen LogP) is 3.43. The SMILES string of the molecule is CCOC(=O)[C@H](NCc1nc(-c2cccc(C(F)(F)F)c2)no1)C(C)C. The highest BCUT2D eigenvalue weighted by molar-refractivity contribution is 5.76. The number of aromatic nitrogens is 2. The van der Waals surface area contributed by atoms with Crippen LogP contribution in [-0.2, 0) is 22.3 Å². The van der Waals surface area contributed by atoms with Gasteiger partial charge in [-0.3, -0.25) is 10.1 Å². The maximum Gasteiger partial charge on any atom is 0.416 e. The zero-order chi connectivity index (χ0) is 19.3. The topological polar surface area (TPSA) is 77.2 Å². The highest BCUT2D eigenvalue weighted by Crippen LogP contribution is 2.31. The van der Waals surface area contributed by atoms with Gasteiger partial charge in [0.1, 0.15) is 6.04 Å². The summed E-state index contributed by atoms with van der Waals surface area (Å²) in [4.78, 5) is 16.0. The molecule has 1 aromatic heterocycles. The van der Waals surface area contributed by atoms with E-state index >= 15 is 0 Å². The van der Waals surface area contributed by atoms with Crippen molar-refractivity contribution in [2.24, 2.45) is 5.92 Å². The summed E-state index contributed by atoms with van der Waals surface area (Å²) in [6, 6.07) is 4.12. The lowest BCUT2D eigenvalue weighted by Gasteiger charge is -2.19. The van der Waals surface area contributed by atoms with Crippen LogP contribution in [-0.4, -0.2) is 28.8 Å². The molecule has 1 N–H and O–H groups in total. The number of nitrogens with one attached hydrogen (secondary N) is 1. The van der Waals surface area contributed by atoms with Crippen molar-refractivity contribution in [1.29, 1.82) is 0 Å². The lowest BCUT2D eigenvalue weighted by molar-refractivity contribution is -0.147. The molecule has 0 fully saturated rings. The number of ether oxygens (including phenoxy) is 1. The number of carbonyl (C=O) groups excluding carboxylic acids is 1. The minimum atomic E-state index is -4.45. The third-order valence-electron chi connectivity index (χ3n) is 3.60. The lowest BCUT2D eigenvalue weighted by atomic mass is 10.0. The molecule has 1 atom stereocenters. The number of nitrogens with zero attached hydrogens (tertiary/aromatic N) is 2. The molecular formula is C17H20F3N3O3. The van der Waals surface area contributed by atoms with E-state index in [1.165, 1.54) is 12.1 Å². The number of esters is 1. The van der Waals surface area contributed by atoms with E-state index in [1.807, 2.05) is 13.8 Å². The van der Waals surface area contributed by atoms with Gasteiger partial charge in [-0.15, -0.1) is 0 Å². The second kappa shape index (κ2) is 8.31. The number of hydrogen-bond acceptors (Lipinski definition) is 6. The first-order valence-electron chi connectivity index (χ1n) is 8.12. The van der Waals surface area contributed by atoms with Crippen LogP contribution in [0.4, 0.5) is 13.2 Å². The molecule has 0 saturated carbocycles. The maximum absolute atomic E-state index is 12.8. The Hall–Kier alpha value is -2.42. The van der Waals surface area contributed by atoms with E-state index in [0.717, 1.165) is 12.1 Å². The first-order chi connectivity index (χ1) is 12.2. The van der Waals surface area contributed by atoms with Gasteiger partial charge >= 0.3 is 12.1 Å². The molecule has 142 valence electrons. The molecular weight excluding hydrogens is 351 g/mol. The van der Waals surface area contributed by atoms with Crippen LogP contribution >= 0.6 is 0 Å². The highest BCUT2D eigenvalue weighted by atomic mass is 19.4. The Morgan fingerprint density at radius 1 is 1.35 bits per heavy atom. The molecule has 6 nitrogen and oxygen atoms in total. The van der Waals surface area contributed by atoms with Crippen LogP contribution in [0.5, 0.6) is 0 Å². The van der Waals surface area contributed by atoms with Gasteiger partial charge in [0.05, 0.1) is 18.7 Å². The van der Waals surface area contributed by atoms with Crippen molar-refractivity contribution in [2.75, 3.05) is 6.61 Å². The van der Waals surface area contributed by atoms with E-state index in [2.05, 4.69) is 15.5 Å². The zero-order valence-electron chi connectivity index (χ0n) is 14.6. The first-order valence-corrected chi connectivity index (χ1v) is 8.12. The van der Waals surface area contributed by atoms with E-state index < -0.39 is 17.8 Å². The minimum absolute atomic E-state index is 0.0279. The molecule has 0 bridgehead atoms. The lowest BCUT2D eigenvalue weighted by Crippen LogP contribution is -2.41. The monoisotopic (exact) mass is 371 g/mol. The van der Waals surface area contributed by atoms with Crippen LogP contribution in [0.15, 0.2) is 28.8 Å². The Labute approximate surface area is 148 Å². The molecule has 0 unspecified atom stereocenters. The van der Waals surface area contributed by atoms with Crippen molar-refractivity contribution in [3.05, 3.63) is 35.7 Å². The van der Waals surface area contributed by atoms with Gasteiger partial charge in [-0.1, -0.05) is 31.1 Å². The van der Waals surface area contributed by atoms with Crippen LogP contribution in [0.1, 0.15) is 32.2 Å². The molecule has 1 heterocycles. The van der Waals surface area contributed by atoms with Gasteiger partial charge in [-0.25, -0.2) is 0 Å². The second-order valence-corrected chi connectivity index (χ2v) is 5.94. The minimum Gasteiger partial charge on any atom is -0.465 e. The summed E-state index contributed by atoms with van der Waals surface area (Å²) in [5.74, 6) is -0.211. The average Bonchev–Trinajstić information content (AvgIpc) is 3.03. The number of benzene rings is 1. The van der Waals surface area contributed by atoms with Crippen molar-refractivity contribution in [2.45, 2.75) is 39.5 Å². The molecule has 0 spiro atoms. The van der Waals surface area contributed by atoms with Gasteiger partial charge in [-0.05, 0) is 25.0 Å². The largest absolute Gasteiger partial charge is 0.465 e. The van der Waals surface area contributed by atoms with Crippen LogP contribution in [0.25, 0.3) is 11.4 Å². The molecule has 0 saturated heterocycles. The summed E-state index contributed by atoms with van der Waals surface area (Å²) >= 11 is 0. The average molecular weight is 371 g/mol. The molecule has 2 rings (SSSR count). The summed E-state index contributed by atoms with van der Waals surface area (Å²) in [5, 5.41) is 6.67. The molecule has 0 aliphatic heterocycles. The Balaban J connectivity index is 2.09. The molecule has 9 heteroatoms. The Morgan fingerprint density at radius 2 is 2.08 bits per heavy atom.